The first-order valence-corrected chi connectivity index (χ1v) is 19.9. The molecule has 0 aliphatic heterocycles. The summed E-state index contributed by atoms with van der Waals surface area (Å²) in [5.41, 5.74) is 11.9. The molecule has 10 aromatic rings. The summed E-state index contributed by atoms with van der Waals surface area (Å²) in [5, 5.41) is 0. The summed E-state index contributed by atoms with van der Waals surface area (Å²) >= 11 is 0. The molecule has 0 aliphatic carbocycles. The predicted molar refractivity (Wildman–Crippen MR) is 242 cm³/mol. The lowest BCUT2D eigenvalue weighted by Gasteiger charge is -2.13. The van der Waals surface area contributed by atoms with Crippen LogP contribution in [0.5, 0.6) is 0 Å². The number of aromatic nitrogens is 6. The molecule has 0 saturated heterocycles. The molecule has 6 nitrogen and oxygen atoms in total. The van der Waals surface area contributed by atoms with Crippen molar-refractivity contribution < 1.29 is 0 Å². The van der Waals surface area contributed by atoms with Crippen molar-refractivity contribution in [3.8, 4) is 102 Å². The van der Waals surface area contributed by atoms with Gasteiger partial charge in [0.05, 0.1) is 0 Å². The van der Waals surface area contributed by atoms with Gasteiger partial charge in [0.15, 0.2) is 34.9 Å². The van der Waals surface area contributed by atoms with E-state index in [1.165, 1.54) is 0 Å². The maximum absolute atomic E-state index is 5.20. The highest BCUT2D eigenvalue weighted by Crippen LogP contribution is 2.35. The molecule has 0 bridgehead atoms. The molecule has 0 spiro atoms. The van der Waals surface area contributed by atoms with E-state index in [2.05, 4.69) is 103 Å². The first kappa shape index (κ1) is 36.1. The van der Waals surface area contributed by atoms with Gasteiger partial charge in [-0.25, -0.2) is 29.9 Å². The van der Waals surface area contributed by atoms with Crippen molar-refractivity contribution in [2.45, 2.75) is 0 Å². The molecule has 0 fully saturated rings. The number of hydrogen-bond acceptors (Lipinski definition) is 6. The fourth-order valence-corrected chi connectivity index (χ4v) is 7.32. The fraction of sp³-hybridized carbons (Fsp3) is 0. The minimum absolute atomic E-state index is 0.584. The van der Waals surface area contributed by atoms with E-state index in [1.807, 2.05) is 115 Å². The maximum Gasteiger partial charge on any atom is 0.164 e. The molecule has 10 rings (SSSR count). The van der Waals surface area contributed by atoms with Gasteiger partial charge < -0.3 is 0 Å². The Hall–Kier alpha value is -8.22. The lowest BCUT2D eigenvalue weighted by atomic mass is 9.96. The fourth-order valence-electron chi connectivity index (χ4n) is 7.32. The second-order valence-corrected chi connectivity index (χ2v) is 14.4. The monoisotopic (exact) mass is 768 g/mol. The van der Waals surface area contributed by atoms with Crippen molar-refractivity contribution in [2.75, 3.05) is 0 Å². The average molecular weight is 769 g/mol. The van der Waals surface area contributed by atoms with Gasteiger partial charge in [0.2, 0.25) is 0 Å². The number of benzene rings is 8. The highest BCUT2D eigenvalue weighted by Gasteiger charge is 2.17. The van der Waals surface area contributed by atoms with E-state index in [-0.39, 0.29) is 0 Å². The predicted octanol–water partition coefficient (Wildman–Crippen LogP) is 13.1. The van der Waals surface area contributed by atoms with Crippen LogP contribution in [0.1, 0.15) is 0 Å². The normalized spacial score (nSPS) is 11.0. The van der Waals surface area contributed by atoms with E-state index in [0.717, 1.165) is 66.8 Å². The number of hydrogen-bond donors (Lipinski definition) is 0. The third-order valence-electron chi connectivity index (χ3n) is 10.3. The molecular formula is C54H36N6. The van der Waals surface area contributed by atoms with Crippen molar-refractivity contribution >= 4 is 0 Å². The summed E-state index contributed by atoms with van der Waals surface area (Å²) < 4.78 is 0. The van der Waals surface area contributed by atoms with E-state index < -0.39 is 0 Å². The minimum Gasteiger partial charge on any atom is -0.208 e. The summed E-state index contributed by atoms with van der Waals surface area (Å²) in [7, 11) is 0. The van der Waals surface area contributed by atoms with Gasteiger partial charge in [-0.2, -0.15) is 0 Å². The van der Waals surface area contributed by atoms with E-state index in [9.17, 15) is 0 Å². The van der Waals surface area contributed by atoms with E-state index >= 15 is 0 Å². The van der Waals surface area contributed by atoms with Gasteiger partial charge in [0, 0.05) is 33.4 Å². The van der Waals surface area contributed by atoms with Crippen molar-refractivity contribution in [1.82, 2.24) is 29.9 Å². The smallest absolute Gasteiger partial charge is 0.164 e. The molecule has 0 amide bonds. The Kier molecular flexibility index (Phi) is 9.84. The zero-order chi connectivity index (χ0) is 40.1. The first-order valence-electron chi connectivity index (χ1n) is 19.9. The molecule has 0 N–H and O–H groups in total. The average Bonchev–Trinajstić information content (AvgIpc) is 3.35. The van der Waals surface area contributed by atoms with Gasteiger partial charge in [-0.15, -0.1) is 0 Å². The molecule has 0 saturated carbocycles. The Labute approximate surface area is 348 Å². The highest BCUT2D eigenvalue weighted by molar-refractivity contribution is 5.81. The van der Waals surface area contributed by atoms with Crippen LogP contribution in [-0.2, 0) is 0 Å². The minimum atomic E-state index is 0.584. The molecule has 0 unspecified atom stereocenters. The molecule has 0 aliphatic rings. The van der Waals surface area contributed by atoms with Crippen LogP contribution in [0.4, 0.5) is 0 Å². The standard InChI is InChI=1S/C54H36N6/c1-6-18-37(19-7-1)46-34-47(38-20-8-2-9-21-38)36-48(35-46)54-59-51(41-26-14-5-15-27-41)58-53(60-54)45-31-17-29-43(33-45)42-28-16-30-44(32-42)52-56-49(39-22-10-3-11-23-39)55-50(57-52)40-24-12-4-13-25-40/h1-36H. The van der Waals surface area contributed by atoms with E-state index in [1.54, 1.807) is 0 Å². The van der Waals surface area contributed by atoms with E-state index in [0.29, 0.717) is 34.9 Å². The summed E-state index contributed by atoms with van der Waals surface area (Å²) in [6.07, 6.45) is 0. The second-order valence-electron chi connectivity index (χ2n) is 14.4. The SMILES string of the molecule is c1ccc(-c2cc(-c3ccccc3)cc(-c3nc(-c4ccccc4)nc(-c4cccc(-c5cccc(-c6nc(-c7ccccc7)nc(-c7ccccc7)n6)c5)c4)n3)c2)cc1. The zero-order valence-corrected chi connectivity index (χ0v) is 32.5. The van der Waals surface area contributed by atoms with Gasteiger partial charge in [0.25, 0.3) is 0 Å². The Balaban J connectivity index is 1.08. The van der Waals surface area contributed by atoms with Crippen LogP contribution in [0.3, 0.4) is 0 Å². The van der Waals surface area contributed by atoms with Crippen LogP contribution in [0.15, 0.2) is 218 Å². The van der Waals surface area contributed by atoms with Crippen molar-refractivity contribution in [3.63, 3.8) is 0 Å². The number of rotatable bonds is 9. The molecule has 2 heterocycles. The molecule has 282 valence electrons. The summed E-state index contributed by atoms with van der Waals surface area (Å²) in [6, 6.07) is 74.3. The molecular weight excluding hydrogens is 733 g/mol. The molecule has 8 aromatic carbocycles. The lowest BCUT2D eigenvalue weighted by Crippen LogP contribution is -2.01. The summed E-state index contributed by atoms with van der Waals surface area (Å²) in [6.45, 7) is 0. The summed E-state index contributed by atoms with van der Waals surface area (Å²) in [4.78, 5) is 30.2. The Bertz CT molecular complexity index is 2950. The van der Waals surface area contributed by atoms with Crippen LogP contribution >= 0.6 is 0 Å². The second kappa shape index (κ2) is 16.3. The first-order chi connectivity index (χ1) is 29.7. The topological polar surface area (TPSA) is 77.3 Å². The van der Waals surface area contributed by atoms with Crippen LogP contribution < -0.4 is 0 Å². The molecule has 0 radical (unpaired) electrons. The molecule has 0 atom stereocenters. The quantitative estimate of drug-likeness (QED) is 0.145. The van der Waals surface area contributed by atoms with Crippen molar-refractivity contribution in [1.29, 1.82) is 0 Å². The molecule has 2 aromatic heterocycles. The Morgan fingerprint density at radius 3 is 0.700 bits per heavy atom. The van der Waals surface area contributed by atoms with Gasteiger partial charge in [-0.05, 0) is 63.7 Å². The lowest BCUT2D eigenvalue weighted by molar-refractivity contribution is 1.07. The van der Waals surface area contributed by atoms with Gasteiger partial charge >= 0.3 is 0 Å². The maximum atomic E-state index is 5.20. The van der Waals surface area contributed by atoms with Crippen molar-refractivity contribution in [2.24, 2.45) is 0 Å². The van der Waals surface area contributed by atoms with E-state index in [4.69, 9.17) is 29.9 Å². The van der Waals surface area contributed by atoms with Gasteiger partial charge in [0.1, 0.15) is 0 Å². The molecule has 6 heteroatoms. The van der Waals surface area contributed by atoms with Crippen LogP contribution in [0.2, 0.25) is 0 Å². The Morgan fingerprint density at radius 2 is 0.367 bits per heavy atom. The number of nitrogens with zero attached hydrogens (tertiary/aromatic N) is 6. The third kappa shape index (κ3) is 7.73. The zero-order valence-electron chi connectivity index (χ0n) is 32.5. The van der Waals surface area contributed by atoms with Crippen molar-refractivity contribution in [3.05, 3.63) is 218 Å². The Morgan fingerprint density at radius 1 is 0.150 bits per heavy atom. The van der Waals surface area contributed by atoms with Gasteiger partial charge in [-0.3, -0.25) is 0 Å². The third-order valence-corrected chi connectivity index (χ3v) is 10.3. The largest absolute Gasteiger partial charge is 0.208 e. The van der Waals surface area contributed by atoms with Gasteiger partial charge in [-0.1, -0.05) is 188 Å². The van der Waals surface area contributed by atoms with Crippen LogP contribution in [0.25, 0.3) is 102 Å². The summed E-state index contributed by atoms with van der Waals surface area (Å²) in [5.74, 6) is 3.63. The molecule has 60 heavy (non-hydrogen) atoms. The van der Waals surface area contributed by atoms with Crippen LogP contribution in [0, 0.1) is 0 Å². The van der Waals surface area contributed by atoms with Crippen LogP contribution in [-0.4, -0.2) is 29.9 Å². The highest BCUT2D eigenvalue weighted by atomic mass is 15.0.